The largest absolute Gasteiger partial charge is 0.219 e. The molecule has 2 rings (SSSR count). The molecule has 0 amide bonds. The minimum Gasteiger partial charge on any atom is -0.219 e. The van der Waals surface area contributed by atoms with Crippen molar-refractivity contribution in [1.82, 2.24) is 0 Å². The Labute approximate surface area is 77.9 Å². The molecular weight excluding hydrogens is 184 g/mol. The highest BCUT2D eigenvalue weighted by Crippen LogP contribution is 2.28. The van der Waals surface area contributed by atoms with Crippen LogP contribution in [0.4, 0.5) is 0 Å². The molecule has 0 radical (unpaired) electrons. The first kappa shape index (κ1) is 8.51. The van der Waals surface area contributed by atoms with E-state index in [1.54, 1.807) is 24.3 Å². The van der Waals surface area contributed by atoms with Crippen LogP contribution >= 0.6 is 0 Å². The second-order valence-corrected chi connectivity index (χ2v) is 5.09. The van der Waals surface area contributed by atoms with Crippen molar-refractivity contribution in [1.29, 1.82) is 0 Å². The van der Waals surface area contributed by atoms with Crippen molar-refractivity contribution in [3.63, 3.8) is 0 Å². The van der Waals surface area contributed by atoms with Crippen LogP contribution in [0, 0.1) is 0 Å². The molecule has 0 heterocycles. The molecular formula is C10H10O2S. The van der Waals surface area contributed by atoms with Crippen molar-refractivity contribution in [3.05, 3.63) is 46.3 Å². The van der Waals surface area contributed by atoms with Crippen LogP contribution in [0.5, 0.6) is 0 Å². The average Bonchev–Trinajstić information content (AvgIpc) is 2.78. The van der Waals surface area contributed by atoms with Gasteiger partial charge in [0.05, 0.1) is 9.81 Å². The van der Waals surface area contributed by atoms with E-state index in [-0.39, 0.29) is 0 Å². The lowest BCUT2D eigenvalue weighted by molar-refractivity contribution is 0.606. The summed E-state index contributed by atoms with van der Waals surface area (Å²) in [6.07, 6.45) is 11.7. The molecule has 3 heteroatoms. The van der Waals surface area contributed by atoms with Gasteiger partial charge < -0.3 is 0 Å². The van der Waals surface area contributed by atoms with Gasteiger partial charge in [0.25, 0.3) is 0 Å². The smallest absolute Gasteiger partial charge is 0.199 e. The molecule has 0 aliphatic heterocycles. The summed E-state index contributed by atoms with van der Waals surface area (Å²) in [7, 11) is -3.14. The van der Waals surface area contributed by atoms with Gasteiger partial charge in [-0.15, -0.1) is 0 Å². The molecule has 0 saturated carbocycles. The minimum absolute atomic E-state index is 0.516. The van der Waals surface area contributed by atoms with E-state index in [4.69, 9.17) is 0 Å². The molecule has 0 spiro atoms. The van der Waals surface area contributed by atoms with Crippen molar-refractivity contribution in [2.45, 2.75) is 12.8 Å². The Morgan fingerprint density at radius 2 is 1.38 bits per heavy atom. The van der Waals surface area contributed by atoms with E-state index in [9.17, 15) is 8.42 Å². The van der Waals surface area contributed by atoms with E-state index in [0.717, 1.165) is 0 Å². The van der Waals surface area contributed by atoms with Crippen LogP contribution in [0.1, 0.15) is 12.8 Å². The molecule has 0 aromatic rings. The second kappa shape index (κ2) is 3.00. The summed E-state index contributed by atoms with van der Waals surface area (Å²) in [4.78, 5) is 1.03. The molecule has 68 valence electrons. The summed E-state index contributed by atoms with van der Waals surface area (Å²) >= 11 is 0. The average molecular weight is 194 g/mol. The van der Waals surface area contributed by atoms with E-state index < -0.39 is 9.84 Å². The summed E-state index contributed by atoms with van der Waals surface area (Å²) in [6.45, 7) is 0. The fraction of sp³-hybridized carbons (Fsp3) is 0.200. The molecule has 0 N–H and O–H groups in total. The molecule has 0 fully saturated rings. The van der Waals surface area contributed by atoms with E-state index in [2.05, 4.69) is 0 Å². The van der Waals surface area contributed by atoms with Crippen molar-refractivity contribution in [3.8, 4) is 0 Å². The fourth-order valence-electron chi connectivity index (χ4n) is 1.42. The quantitative estimate of drug-likeness (QED) is 0.674. The highest BCUT2D eigenvalue weighted by Gasteiger charge is 2.23. The number of hydrogen-bond donors (Lipinski definition) is 0. The topological polar surface area (TPSA) is 34.1 Å². The van der Waals surface area contributed by atoms with Crippen LogP contribution in [0.25, 0.3) is 0 Å². The zero-order valence-electron chi connectivity index (χ0n) is 7.10. The van der Waals surface area contributed by atoms with E-state index in [1.165, 1.54) is 0 Å². The first-order chi connectivity index (χ1) is 6.21. The maximum atomic E-state index is 11.8. The van der Waals surface area contributed by atoms with Crippen molar-refractivity contribution < 1.29 is 8.42 Å². The van der Waals surface area contributed by atoms with Crippen LogP contribution in [-0.4, -0.2) is 8.42 Å². The van der Waals surface area contributed by atoms with Gasteiger partial charge in [0, 0.05) is 12.8 Å². The van der Waals surface area contributed by atoms with Crippen molar-refractivity contribution in [2.75, 3.05) is 0 Å². The van der Waals surface area contributed by atoms with Crippen LogP contribution in [0.2, 0.25) is 0 Å². The molecule has 2 aliphatic carbocycles. The lowest BCUT2D eigenvalue weighted by atomic mass is 10.5. The number of rotatable bonds is 2. The molecule has 0 aromatic carbocycles. The molecule has 0 bridgehead atoms. The monoisotopic (exact) mass is 194 g/mol. The zero-order valence-corrected chi connectivity index (χ0v) is 7.92. The SMILES string of the molecule is O=S(=O)(C1=CC=CC1)C1=CC=CC1. The Morgan fingerprint density at radius 1 is 0.923 bits per heavy atom. The number of hydrogen-bond acceptors (Lipinski definition) is 2. The first-order valence-electron chi connectivity index (χ1n) is 4.18. The van der Waals surface area contributed by atoms with Crippen LogP contribution in [0.15, 0.2) is 46.3 Å². The maximum absolute atomic E-state index is 11.8. The highest BCUT2D eigenvalue weighted by molar-refractivity contribution is 7.99. The third-order valence-electron chi connectivity index (χ3n) is 2.16. The molecule has 2 nitrogen and oxygen atoms in total. The summed E-state index contributed by atoms with van der Waals surface area (Å²) in [5, 5.41) is 0. The van der Waals surface area contributed by atoms with Crippen LogP contribution in [0.3, 0.4) is 0 Å². The second-order valence-electron chi connectivity index (χ2n) is 3.03. The van der Waals surface area contributed by atoms with Gasteiger partial charge in [-0.05, 0) is 12.2 Å². The molecule has 13 heavy (non-hydrogen) atoms. The van der Waals surface area contributed by atoms with Gasteiger partial charge in [-0.3, -0.25) is 0 Å². The molecule has 0 saturated heterocycles. The number of sulfone groups is 1. The molecule has 0 aromatic heterocycles. The Balaban J connectivity index is 2.32. The van der Waals surface area contributed by atoms with Crippen molar-refractivity contribution in [2.24, 2.45) is 0 Å². The summed E-state index contributed by atoms with van der Waals surface area (Å²) in [5.41, 5.74) is 0. The maximum Gasteiger partial charge on any atom is 0.199 e. The fourth-order valence-corrected chi connectivity index (χ4v) is 2.91. The van der Waals surface area contributed by atoms with E-state index >= 15 is 0 Å². The van der Waals surface area contributed by atoms with Gasteiger partial charge in [-0.1, -0.05) is 24.3 Å². The van der Waals surface area contributed by atoms with Crippen LogP contribution in [-0.2, 0) is 9.84 Å². The van der Waals surface area contributed by atoms with E-state index in [1.807, 2.05) is 12.2 Å². The van der Waals surface area contributed by atoms with Crippen molar-refractivity contribution >= 4 is 9.84 Å². The Hall–Kier alpha value is -1.09. The lowest BCUT2D eigenvalue weighted by Crippen LogP contribution is -2.04. The van der Waals surface area contributed by atoms with Gasteiger partial charge >= 0.3 is 0 Å². The third kappa shape index (κ3) is 1.40. The summed E-state index contributed by atoms with van der Waals surface area (Å²) in [6, 6.07) is 0. The van der Waals surface area contributed by atoms with Gasteiger partial charge in [0.15, 0.2) is 9.84 Å². The van der Waals surface area contributed by atoms with Gasteiger partial charge in [-0.2, -0.15) is 0 Å². The Bertz CT molecular complexity index is 398. The molecule has 2 aliphatic rings. The third-order valence-corrected chi connectivity index (χ3v) is 4.15. The summed E-state index contributed by atoms with van der Waals surface area (Å²) < 4.78 is 23.6. The predicted molar refractivity (Wildman–Crippen MR) is 52.6 cm³/mol. The Morgan fingerprint density at radius 3 is 1.69 bits per heavy atom. The standard InChI is InChI=1S/C10H10O2S/c11-13(12,9-5-1-2-6-9)10-7-3-4-8-10/h1-5,7H,6,8H2. The van der Waals surface area contributed by atoms with Gasteiger partial charge in [0.1, 0.15) is 0 Å². The van der Waals surface area contributed by atoms with E-state index in [0.29, 0.717) is 22.7 Å². The zero-order chi connectivity index (χ0) is 9.31. The minimum atomic E-state index is -3.14. The normalized spacial score (nSPS) is 20.6. The highest BCUT2D eigenvalue weighted by atomic mass is 32.2. The number of allylic oxidation sites excluding steroid dienone is 8. The molecule has 0 atom stereocenters. The lowest BCUT2D eigenvalue weighted by Gasteiger charge is -2.04. The van der Waals surface area contributed by atoms with Gasteiger partial charge in [0.2, 0.25) is 0 Å². The summed E-state index contributed by atoms with van der Waals surface area (Å²) in [5.74, 6) is 0. The van der Waals surface area contributed by atoms with Crippen LogP contribution < -0.4 is 0 Å². The first-order valence-corrected chi connectivity index (χ1v) is 5.66. The predicted octanol–water partition coefficient (Wildman–Crippen LogP) is 2.09. The Kier molecular flexibility index (Phi) is 1.96. The van der Waals surface area contributed by atoms with Gasteiger partial charge in [-0.25, -0.2) is 8.42 Å². The molecule has 0 unspecified atom stereocenters.